The SMILES string of the molecule is Cc1ccc(C)n1NCC1CCCCN1C. The lowest BCUT2D eigenvalue weighted by molar-refractivity contribution is 0.192. The van der Waals surface area contributed by atoms with E-state index < -0.39 is 0 Å². The normalized spacial score (nSPS) is 22.3. The lowest BCUT2D eigenvalue weighted by Gasteiger charge is -2.33. The molecule has 0 aromatic carbocycles. The maximum Gasteiger partial charge on any atom is 0.0469 e. The molecule has 1 aliphatic rings. The van der Waals surface area contributed by atoms with Crippen molar-refractivity contribution in [2.24, 2.45) is 0 Å². The van der Waals surface area contributed by atoms with Crippen LogP contribution in [0.15, 0.2) is 12.1 Å². The summed E-state index contributed by atoms with van der Waals surface area (Å²) in [5.41, 5.74) is 6.11. The van der Waals surface area contributed by atoms with Crippen LogP contribution in [0.3, 0.4) is 0 Å². The molecule has 0 amide bonds. The molecule has 0 radical (unpaired) electrons. The van der Waals surface area contributed by atoms with E-state index in [9.17, 15) is 0 Å². The number of hydrogen-bond donors (Lipinski definition) is 1. The Bertz CT molecular complexity index is 323. The first-order valence-electron chi connectivity index (χ1n) is 6.27. The predicted molar refractivity (Wildman–Crippen MR) is 68.4 cm³/mol. The molecule has 1 atom stereocenters. The number of nitrogens with zero attached hydrogens (tertiary/aromatic N) is 2. The molecule has 1 aromatic heterocycles. The summed E-state index contributed by atoms with van der Waals surface area (Å²) >= 11 is 0. The standard InChI is InChI=1S/C13H23N3/c1-11-7-8-12(2)16(11)14-10-13-6-4-5-9-15(13)3/h7-8,13-14H,4-6,9-10H2,1-3H3. The summed E-state index contributed by atoms with van der Waals surface area (Å²) in [6.45, 7) is 6.58. The molecule has 1 saturated heterocycles. The third-order valence-corrected chi connectivity index (χ3v) is 3.68. The van der Waals surface area contributed by atoms with Gasteiger partial charge in [0.1, 0.15) is 0 Å². The van der Waals surface area contributed by atoms with E-state index in [0.29, 0.717) is 6.04 Å². The Morgan fingerprint density at radius 2 is 1.94 bits per heavy atom. The zero-order valence-electron chi connectivity index (χ0n) is 10.7. The second-order valence-electron chi connectivity index (χ2n) is 4.94. The lowest BCUT2D eigenvalue weighted by atomic mass is 10.0. The molecule has 0 saturated carbocycles. The van der Waals surface area contributed by atoms with Gasteiger partial charge in [0.15, 0.2) is 0 Å². The van der Waals surface area contributed by atoms with Crippen LogP contribution in [0.5, 0.6) is 0 Å². The van der Waals surface area contributed by atoms with E-state index in [2.05, 4.69) is 48.0 Å². The number of nitrogens with one attached hydrogen (secondary N) is 1. The highest BCUT2D eigenvalue weighted by Gasteiger charge is 2.18. The Kier molecular flexibility index (Phi) is 3.54. The molecule has 1 unspecified atom stereocenters. The van der Waals surface area contributed by atoms with Crippen LogP contribution in [0, 0.1) is 13.8 Å². The van der Waals surface area contributed by atoms with Crippen molar-refractivity contribution in [1.29, 1.82) is 0 Å². The van der Waals surface area contributed by atoms with Gasteiger partial charge in [-0.05, 0) is 52.4 Å². The molecule has 0 spiro atoms. The van der Waals surface area contributed by atoms with Gasteiger partial charge in [0.05, 0.1) is 0 Å². The Balaban J connectivity index is 1.91. The zero-order valence-corrected chi connectivity index (χ0v) is 10.7. The van der Waals surface area contributed by atoms with Gasteiger partial charge in [0.2, 0.25) is 0 Å². The quantitative estimate of drug-likeness (QED) is 0.844. The summed E-state index contributed by atoms with van der Waals surface area (Å²) in [4.78, 5) is 2.48. The van der Waals surface area contributed by atoms with Gasteiger partial charge in [-0.2, -0.15) is 0 Å². The Labute approximate surface area is 98.4 Å². The average Bonchev–Trinajstić information content (AvgIpc) is 2.58. The smallest absolute Gasteiger partial charge is 0.0469 e. The summed E-state index contributed by atoms with van der Waals surface area (Å²) in [6, 6.07) is 5.01. The molecule has 2 rings (SSSR count). The first kappa shape index (κ1) is 11.5. The van der Waals surface area contributed by atoms with Crippen molar-refractivity contribution in [2.75, 3.05) is 25.6 Å². The van der Waals surface area contributed by atoms with Crippen molar-refractivity contribution in [2.45, 2.75) is 39.2 Å². The topological polar surface area (TPSA) is 20.2 Å². The van der Waals surface area contributed by atoms with Gasteiger partial charge in [-0.3, -0.25) is 4.68 Å². The second-order valence-corrected chi connectivity index (χ2v) is 4.94. The van der Waals surface area contributed by atoms with E-state index >= 15 is 0 Å². The highest BCUT2D eigenvalue weighted by atomic mass is 15.4. The van der Waals surface area contributed by atoms with Gasteiger partial charge in [-0.25, -0.2) is 0 Å². The van der Waals surface area contributed by atoms with Crippen LogP contribution >= 0.6 is 0 Å². The summed E-state index contributed by atoms with van der Waals surface area (Å²) in [5.74, 6) is 0. The minimum atomic E-state index is 0.690. The fraction of sp³-hybridized carbons (Fsp3) is 0.692. The summed E-state index contributed by atoms with van der Waals surface area (Å²) < 4.78 is 2.20. The highest BCUT2D eigenvalue weighted by Crippen LogP contribution is 2.14. The molecular formula is C13H23N3. The van der Waals surface area contributed by atoms with Crippen molar-refractivity contribution >= 4 is 0 Å². The van der Waals surface area contributed by atoms with E-state index in [1.807, 2.05) is 0 Å². The third kappa shape index (κ3) is 2.40. The van der Waals surface area contributed by atoms with Crippen molar-refractivity contribution in [3.8, 4) is 0 Å². The minimum Gasteiger partial charge on any atom is -0.324 e. The van der Waals surface area contributed by atoms with E-state index in [-0.39, 0.29) is 0 Å². The Morgan fingerprint density at radius 3 is 2.56 bits per heavy atom. The van der Waals surface area contributed by atoms with Gasteiger partial charge in [0.25, 0.3) is 0 Å². The summed E-state index contributed by atoms with van der Waals surface area (Å²) in [5, 5.41) is 0. The van der Waals surface area contributed by atoms with Crippen LogP contribution < -0.4 is 5.43 Å². The molecule has 1 aliphatic heterocycles. The molecule has 1 aromatic rings. The number of hydrogen-bond acceptors (Lipinski definition) is 2. The van der Waals surface area contributed by atoms with Gasteiger partial charge < -0.3 is 10.3 Å². The Morgan fingerprint density at radius 1 is 1.25 bits per heavy atom. The maximum atomic E-state index is 3.54. The van der Waals surface area contributed by atoms with Crippen LogP contribution in [-0.2, 0) is 0 Å². The lowest BCUT2D eigenvalue weighted by Crippen LogP contribution is -2.42. The first-order chi connectivity index (χ1) is 7.68. The molecule has 0 aliphatic carbocycles. The van der Waals surface area contributed by atoms with Crippen molar-refractivity contribution in [3.63, 3.8) is 0 Å². The van der Waals surface area contributed by atoms with Gasteiger partial charge in [-0.1, -0.05) is 6.42 Å². The maximum absolute atomic E-state index is 3.54. The molecule has 90 valence electrons. The molecule has 3 heteroatoms. The van der Waals surface area contributed by atoms with Gasteiger partial charge in [-0.15, -0.1) is 0 Å². The molecule has 0 bridgehead atoms. The summed E-state index contributed by atoms with van der Waals surface area (Å²) in [7, 11) is 2.24. The molecule has 1 fully saturated rings. The molecule has 1 N–H and O–H groups in total. The van der Waals surface area contributed by atoms with Crippen LogP contribution in [0.4, 0.5) is 0 Å². The van der Waals surface area contributed by atoms with E-state index in [4.69, 9.17) is 0 Å². The number of likely N-dealkylation sites (N-methyl/N-ethyl adjacent to an activating group) is 1. The monoisotopic (exact) mass is 221 g/mol. The Hall–Kier alpha value is -0.960. The zero-order chi connectivity index (χ0) is 11.5. The number of likely N-dealkylation sites (tertiary alicyclic amines) is 1. The van der Waals surface area contributed by atoms with Crippen LogP contribution in [0.25, 0.3) is 0 Å². The molecule has 3 nitrogen and oxygen atoms in total. The van der Waals surface area contributed by atoms with E-state index in [1.54, 1.807) is 0 Å². The van der Waals surface area contributed by atoms with E-state index in [1.165, 1.54) is 37.2 Å². The first-order valence-corrected chi connectivity index (χ1v) is 6.27. The second kappa shape index (κ2) is 4.91. The highest BCUT2D eigenvalue weighted by molar-refractivity contribution is 5.15. The van der Waals surface area contributed by atoms with Crippen LogP contribution in [-0.4, -0.2) is 35.8 Å². The average molecular weight is 221 g/mol. The fourth-order valence-electron chi connectivity index (χ4n) is 2.52. The number of rotatable bonds is 3. The van der Waals surface area contributed by atoms with E-state index in [0.717, 1.165) is 6.54 Å². The van der Waals surface area contributed by atoms with Crippen LogP contribution in [0.2, 0.25) is 0 Å². The third-order valence-electron chi connectivity index (χ3n) is 3.68. The molecular weight excluding hydrogens is 198 g/mol. The number of aryl methyl sites for hydroxylation is 2. The molecule has 2 heterocycles. The van der Waals surface area contributed by atoms with Crippen molar-refractivity contribution in [1.82, 2.24) is 9.58 Å². The molecule has 16 heavy (non-hydrogen) atoms. The summed E-state index contributed by atoms with van der Waals surface area (Å²) in [6.07, 6.45) is 4.05. The van der Waals surface area contributed by atoms with Crippen molar-refractivity contribution in [3.05, 3.63) is 23.5 Å². The fourth-order valence-corrected chi connectivity index (χ4v) is 2.52. The minimum absolute atomic E-state index is 0.690. The van der Waals surface area contributed by atoms with Crippen molar-refractivity contribution < 1.29 is 0 Å². The number of aromatic nitrogens is 1. The van der Waals surface area contributed by atoms with Crippen LogP contribution in [0.1, 0.15) is 30.7 Å². The number of piperidine rings is 1. The largest absolute Gasteiger partial charge is 0.324 e. The van der Waals surface area contributed by atoms with Gasteiger partial charge in [0, 0.05) is 24.0 Å². The van der Waals surface area contributed by atoms with Gasteiger partial charge >= 0.3 is 0 Å². The predicted octanol–water partition coefficient (Wildman–Crippen LogP) is 2.13.